The average molecular weight is 246 g/mol. The van der Waals surface area contributed by atoms with Gasteiger partial charge in [-0.1, -0.05) is 43.0 Å². The Morgan fingerprint density at radius 1 is 1.28 bits per heavy atom. The monoisotopic (exact) mass is 246 g/mol. The van der Waals surface area contributed by atoms with Crippen LogP contribution in [-0.4, -0.2) is 12.6 Å². The van der Waals surface area contributed by atoms with Crippen LogP contribution in [0.1, 0.15) is 19.8 Å². The third-order valence-corrected chi connectivity index (χ3v) is 2.38. The topological polar surface area (TPSA) is 35.5 Å². The summed E-state index contributed by atoms with van der Waals surface area (Å²) in [6.07, 6.45) is 16.4. The first kappa shape index (κ1) is 14.2. The van der Waals surface area contributed by atoms with Crippen LogP contribution in [0.2, 0.25) is 0 Å². The molecule has 0 unspecified atom stereocenters. The third-order valence-electron chi connectivity index (χ3n) is 2.38. The first-order chi connectivity index (χ1) is 8.77. The molecular formula is C15H18O3. The van der Waals surface area contributed by atoms with Crippen molar-refractivity contribution < 1.29 is 14.6 Å². The van der Waals surface area contributed by atoms with Crippen molar-refractivity contribution in [3.63, 3.8) is 0 Å². The lowest BCUT2D eigenvalue weighted by molar-refractivity contribution is -0.264. The second-order valence-corrected chi connectivity index (χ2v) is 3.66. The van der Waals surface area contributed by atoms with Gasteiger partial charge >= 0.3 is 5.97 Å². The van der Waals surface area contributed by atoms with Crippen molar-refractivity contribution in [1.29, 1.82) is 0 Å². The summed E-state index contributed by atoms with van der Waals surface area (Å²) in [5.74, 6) is -0.563. The molecule has 0 aromatic rings. The molecule has 0 aromatic heterocycles. The summed E-state index contributed by atoms with van der Waals surface area (Å²) in [5.41, 5.74) is 2.98. The molecule has 18 heavy (non-hydrogen) atoms. The van der Waals surface area contributed by atoms with Gasteiger partial charge in [-0.3, -0.25) is 4.89 Å². The number of rotatable bonds is 4. The van der Waals surface area contributed by atoms with Crippen molar-refractivity contribution in [3.05, 3.63) is 60.3 Å². The molecule has 2 aliphatic carbocycles. The molecule has 3 heteroatoms. The van der Waals surface area contributed by atoms with Crippen LogP contribution in [0.5, 0.6) is 0 Å². The zero-order chi connectivity index (χ0) is 13.2. The van der Waals surface area contributed by atoms with Gasteiger partial charge in [0.05, 0.1) is 6.61 Å². The smallest absolute Gasteiger partial charge is 0.294 e. The van der Waals surface area contributed by atoms with E-state index in [-0.39, 0.29) is 0 Å². The molecule has 3 nitrogen and oxygen atoms in total. The van der Waals surface area contributed by atoms with Crippen LogP contribution < -0.4 is 0 Å². The molecule has 0 amide bonds. The van der Waals surface area contributed by atoms with E-state index in [4.69, 9.17) is 0 Å². The van der Waals surface area contributed by atoms with Gasteiger partial charge in [0.1, 0.15) is 0 Å². The molecule has 2 rings (SSSR count). The maximum absolute atomic E-state index is 10.1. The van der Waals surface area contributed by atoms with Crippen molar-refractivity contribution in [2.75, 3.05) is 6.61 Å². The van der Waals surface area contributed by atoms with Crippen LogP contribution in [0.3, 0.4) is 0 Å². The van der Waals surface area contributed by atoms with Crippen LogP contribution in [-0.2, 0) is 14.6 Å². The molecule has 0 spiro atoms. The average Bonchev–Trinajstić information content (AvgIpc) is 3.07. The Kier molecular flexibility index (Phi) is 6.51. The molecular weight excluding hydrogens is 228 g/mol. The molecule has 0 atom stereocenters. The number of carbonyl (C=O) groups is 1. The summed E-state index contributed by atoms with van der Waals surface area (Å²) in [4.78, 5) is 18.5. The molecule has 96 valence electrons. The summed E-state index contributed by atoms with van der Waals surface area (Å²) in [5, 5.41) is 0. The Balaban J connectivity index is 0.000000187. The van der Waals surface area contributed by atoms with Crippen LogP contribution >= 0.6 is 0 Å². The highest BCUT2D eigenvalue weighted by molar-refractivity contribution is 5.80. The Hall–Kier alpha value is -1.87. The van der Waals surface area contributed by atoms with E-state index in [1.54, 1.807) is 6.92 Å². The van der Waals surface area contributed by atoms with E-state index in [0.717, 1.165) is 18.9 Å². The fourth-order valence-electron chi connectivity index (χ4n) is 1.52. The zero-order valence-electron chi connectivity index (χ0n) is 10.6. The lowest BCUT2D eigenvalue weighted by atomic mass is 10.1. The van der Waals surface area contributed by atoms with Crippen molar-refractivity contribution in [3.8, 4) is 0 Å². The van der Waals surface area contributed by atoms with E-state index in [0.29, 0.717) is 6.61 Å². The van der Waals surface area contributed by atoms with Crippen molar-refractivity contribution in [1.82, 2.24) is 0 Å². The molecule has 0 N–H and O–H groups in total. The highest BCUT2D eigenvalue weighted by atomic mass is 17.2. The first-order valence-electron chi connectivity index (χ1n) is 5.95. The maximum atomic E-state index is 10.1. The Morgan fingerprint density at radius 3 is 2.17 bits per heavy atom. The van der Waals surface area contributed by atoms with E-state index < -0.39 is 5.97 Å². The minimum atomic E-state index is -0.563. The molecule has 0 fully saturated rings. The predicted octanol–water partition coefficient (Wildman–Crippen LogP) is 3.43. The number of carbonyl (C=O) groups excluding carboxylic acids is 1. The van der Waals surface area contributed by atoms with Gasteiger partial charge in [0.15, 0.2) is 0 Å². The lowest BCUT2D eigenvalue weighted by Crippen LogP contribution is -2.00. The fraction of sp³-hybridized carbons (Fsp3) is 0.267. The van der Waals surface area contributed by atoms with E-state index in [9.17, 15) is 4.79 Å². The van der Waals surface area contributed by atoms with Gasteiger partial charge in [0, 0.05) is 6.08 Å². The van der Waals surface area contributed by atoms with E-state index in [1.165, 1.54) is 11.1 Å². The quantitative estimate of drug-likeness (QED) is 0.433. The van der Waals surface area contributed by atoms with Crippen LogP contribution in [0, 0.1) is 0 Å². The van der Waals surface area contributed by atoms with Crippen LogP contribution in [0.15, 0.2) is 60.3 Å². The summed E-state index contributed by atoms with van der Waals surface area (Å²) in [7, 11) is 0. The summed E-state index contributed by atoms with van der Waals surface area (Å²) in [6.45, 7) is 5.24. The molecule has 2 aliphatic rings. The number of allylic oxidation sites excluding steroid dienone is 8. The van der Waals surface area contributed by atoms with E-state index in [1.807, 2.05) is 0 Å². The Bertz CT molecular complexity index is 383. The van der Waals surface area contributed by atoms with Crippen LogP contribution in [0.4, 0.5) is 0 Å². The highest BCUT2D eigenvalue weighted by Crippen LogP contribution is 2.25. The molecule has 0 aliphatic heterocycles. The molecule has 0 heterocycles. The van der Waals surface area contributed by atoms with Crippen molar-refractivity contribution >= 4 is 5.97 Å². The van der Waals surface area contributed by atoms with Crippen molar-refractivity contribution in [2.24, 2.45) is 0 Å². The standard InChI is InChI=1S/C10H10.C5H8O3/c1-2-6-9(5-1)10-7-3-4-8-10;1-3-5(6)8-7-4-2/h1-5,7H,6,8H2;3H,1,4H2,2H3. The van der Waals surface area contributed by atoms with Gasteiger partial charge < -0.3 is 0 Å². The van der Waals surface area contributed by atoms with Gasteiger partial charge in [-0.15, -0.1) is 0 Å². The number of hydrogen-bond donors (Lipinski definition) is 0. The molecule has 0 saturated carbocycles. The molecule has 0 radical (unpaired) electrons. The molecule has 0 aromatic carbocycles. The second kappa shape index (κ2) is 8.25. The highest BCUT2D eigenvalue weighted by Gasteiger charge is 2.05. The maximum Gasteiger partial charge on any atom is 0.365 e. The second-order valence-electron chi connectivity index (χ2n) is 3.66. The molecule has 0 bridgehead atoms. The lowest BCUT2D eigenvalue weighted by Gasteiger charge is -1.99. The first-order valence-corrected chi connectivity index (χ1v) is 5.95. The summed E-state index contributed by atoms with van der Waals surface area (Å²) >= 11 is 0. The normalized spacial score (nSPS) is 15.6. The van der Waals surface area contributed by atoms with Gasteiger partial charge in [-0.25, -0.2) is 4.79 Å². The Morgan fingerprint density at radius 2 is 1.83 bits per heavy atom. The van der Waals surface area contributed by atoms with Crippen LogP contribution in [0.25, 0.3) is 0 Å². The summed E-state index contributed by atoms with van der Waals surface area (Å²) < 4.78 is 0. The zero-order valence-corrected chi connectivity index (χ0v) is 10.6. The van der Waals surface area contributed by atoms with E-state index >= 15 is 0 Å². The van der Waals surface area contributed by atoms with Gasteiger partial charge in [0.25, 0.3) is 0 Å². The Labute approximate surface area is 108 Å². The number of hydrogen-bond acceptors (Lipinski definition) is 3. The van der Waals surface area contributed by atoms with Crippen molar-refractivity contribution in [2.45, 2.75) is 19.8 Å². The minimum Gasteiger partial charge on any atom is -0.294 e. The van der Waals surface area contributed by atoms with E-state index in [2.05, 4.69) is 52.8 Å². The molecule has 0 saturated heterocycles. The summed E-state index contributed by atoms with van der Waals surface area (Å²) in [6, 6.07) is 0. The fourth-order valence-corrected chi connectivity index (χ4v) is 1.52. The largest absolute Gasteiger partial charge is 0.365 e. The predicted molar refractivity (Wildman–Crippen MR) is 71.6 cm³/mol. The van der Waals surface area contributed by atoms with Gasteiger partial charge in [-0.05, 0) is 30.9 Å². The van der Waals surface area contributed by atoms with Gasteiger partial charge in [0.2, 0.25) is 0 Å². The minimum absolute atomic E-state index is 0.361. The SMILES string of the molecule is C1=CCC(C2=CC=CC2)=C1.C=CC(=O)OOCC. The third kappa shape index (κ3) is 4.97. The van der Waals surface area contributed by atoms with Gasteiger partial charge in [-0.2, -0.15) is 4.89 Å².